The molecular formula is C19H20N6OS. The molecule has 0 saturated carbocycles. The van der Waals surface area contributed by atoms with Gasteiger partial charge in [0, 0.05) is 48.3 Å². The molecule has 0 aliphatic carbocycles. The first-order chi connectivity index (χ1) is 13.1. The van der Waals surface area contributed by atoms with E-state index in [1.54, 1.807) is 0 Å². The van der Waals surface area contributed by atoms with Crippen LogP contribution >= 0.6 is 11.3 Å². The van der Waals surface area contributed by atoms with Crippen molar-refractivity contribution in [2.45, 2.75) is 25.4 Å². The summed E-state index contributed by atoms with van der Waals surface area (Å²) in [6.07, 6.45) is 5.28. The van der Waals surface area contributed by atoms with Crippen molar-refractivity contribution in [3.8, 4) is 10.4 Å². The second kappa shape index (κ2) is 6.09. The van der Waals surface area contributed by atoms with Crippen LogP contribution in [0.3, 0.4) is 0 Å². The van der Waals surface area contributed by atoms with E-state index in [0.29, 0.717) is 0 Å². The SMILES string of the molecule is Cc1[nH]ncc1-c1cc2c(s1)C(=O)NC1(CCN(c3ccccn3)CC1)N2. The summed E-state index contributed by atoms with van der Waals surface area (Å²) in [5, 5.41) is 13.9. The number of piperidine rings is 1. The van der Waals surface area contributed by atoms with Gasteiger partial charge in [0.1, 0.15) is 16.4 Å². The van der Waals surface area contributed by atoms with Gasteiger partial charge >= 0.3 is 0 Å². The fourth-order valence-corrected chi connectivity index (χ4v) is 4.93. The van der Waals surface area contributed by atoms with Crippen molar-refractivity contribution in [2.24, 2.45) is 0 Å². The average molecular weight is 380 g/mol. The zero-order valence-electron chi connectivity index (χ0n) is 15.0. The van der Waals surface area contributed by atoms with Gasteiger partial charge in [-0.3, -0.25) is 9.89 Å². The summed E-state index contributed by atoms with van der Waals surface area (Å²) in [5.41, 5.74) is 2.58. The summed E-state index contributed by atoms with van der Waals surface area (Å²) in [6.45, 7) is 3.68. The Hall–Kier alpha value is -2.87. The van der Waals surface area contributed by atoms with Crippen molar-refractivity contribution in [3.63, 3.8) is 0 Å². The molecule has 3 aromatic heterocycles. The van der Waals surface area contributed by atoms with Crippen LogP contribution in [-0.4, -0.2) is 39.8 Å². The third kappa shape index (κ3) is 2.76. The number of H-pyrrole nitrogens is 1. The summed E-state index contributed by atoms with van der Waals surface area (Å²) in [6, 6.07) is 8.03. The van der Waals surface area contributed by atoms with Crippen molar-refractivity contribution in [3.05, 3.63) is 47.2 Å². The number of pyridine rings is 1. The van der Waals surface area contributed by atoms with E-state index in [0.717, 1.165) is 58.4 Å². The summed E-state index contributed by atoms with van der Waals surface area (Å²) < 4.78 is 0. The molecule has 0 radical (unpaired) electrons. The van der Waals surface area contributed by atoms with Crippen LogP contribution < -0.4 is 15.5 Å². The number of aromatic amines is 1. The number of carbonyl (C=O) groups is 1. The topological polar surface area (TPSA) is 85.9 Å². The molecule has 2 aliphatic rings. The maximum absolute atomic E-state index is 12.8. The fraction of sp³-hybridized carbons (Fsp3) is 0.316. The molecule has 1 saturated heterocycles. The molecule has 2 aliphatic heterocycles. The van der Waals surface area contributed by atoms with Crippen molar-refractivity contribution in [1.29, 1.82) is 0 Å². The Kier molecular flexibility index (Phi) is 3.68. The number of aromatic nitrogens is 3. The second-order valence-corrected chi connectivity index (χ2v) is 8.15. The maximum atomic E-state index is 12.8. The molecule has 0 aromatic carbocycles. The van der Waals surface area contributed by atoms with Gasteiger partial charge in [0.25, 0.3) is 5.91 Å². The van der Waals surface area contributed by atoms with Gasteiger partial charge in [-0.05, 0) is 25.1 Å². The van der Waals surface area contributed by atoms with E-state index in [-0.39, 0.29) is 11.6 Å². The number of nitrogens with one attached hydrogen (secondary N) is 3. The van der Waals surface area contributed by atoms with Gasteiger partial charge in [-0.25, -0.2) is 4.98 Å². The first kappa shape index (κ1) is 16.3. The van der Waals surface area contributed by atoms with Gasteiger partial charge in [0.2, 0.25) is 0 Å². The molecule has 3 aromatic rings. The molecule has 8 heteroatoms. The van der Waals surface area contributed by atoms with E-state index in [9.17, 15) is 4.79 Å². The van der Waals surface area contributed by atoms with Crippen LogP contribution in [0.2, 0.25) is 0 Å². The smallest absolute Gasteiger partial charge is 0.265 e. The number of thiophene rings is 1. The minimum absolute atomic E-state index is 0.00688. The lowest BCUT2D eigenvalue weighted by Gasteiger charge is -2.45. The quantitative estimate of drug-likeness (QED) is 0.636. The van der Waals surface area contributed by atoms with Gasteiger partial charge < -0.3 is 15.5 Å². The zero-order chi connectivity index (χ0) is 18.4. The summed E-state index contributed by atoms with van der Waals surface area (Å²) >= 11 is 1.51. The molecule has 0 bridgehead atoms. The molecular weight excluding hydrogens is 360 g/mol. The normalized spacial score (nSPS) is 18.1. The van der Waals surface area contributed by atoms with E-state index >= 15 is 0 Å². The third-order valence-electron chi connectivity index (χ3n) is 5.35. The van der Waals surface area contributed by atoms with E-state index < -0.39 is 0 Å². The Bertz CT molecular complexity index is 987. The van der Waals surface area contributed by atoms with Gasteiger partial charge in [0.05, 0.1) is 11.9 Å². The minimum Gasteiger partial charge on any atom is -0.361 e. The highest BCUT2D eigenvalue weighted by molar-refractivity contribution is 7.18. The molecule has 7 nitrogen and oxygen atoms in total. The Morgan fingerprint density at radius 2 is 2.07 bits per heavy atom. The number of hydrogen-bond acceptors (Lipinski definition) is 6. The summed E-state index contributed by atoms with van der Waals surface area (Å²) in [4.78, 5) is 21.3. The second-order valence-electron chi connectivity index (χ2n) is 7.10. The van der Waals surface area contributed by atoms with Crippen molar-refractivity contribution < 1.29 is 4.79 Å². The molecule has 1 amide bonds. The number of fused-ring (bicyclic) bond motifs is 1. The zero-order valence-corrected chi connectivity index (χ0v) is 15.8. The van der Waals surface area contributed by atoms with E-state index in [1.165, 1.54) is 11.3 Å². The van der Waals surface area contributed by atoms with E-state index in [4.69, 9.17) is 0 Å². The van der Waals surface area contributed by atoms with Crippen LogP contribution in [0, 0.1) is 6.92 Å². The lowest BCUT2D eigenvalue weighted by Crippen LogP contribution is -2.62. The molecule has 5 heterocycles. The third-order valence-corrected chi connectivity index (χ3v) is 6.52. The van der Waals surface area contributed by atoms with Crippen molar-refractivity contribution >= 4 is 28.7 Å². The monoisotopic (exact) mass is 380 g/mol. The molecule has 1 spiro atoms. The Morgan fingerprint density at radius 3 is 2.78 bits per heavy atom. The predicted octanol–water partition coefficient (Wildman–Crippen LogP) is 2.99. The predicted molar refractivity (Wildman–Crippen MR) is 106 cm³/mol. The number of rotatable bonds is 2. The lowest BCUT2D eigenvalue weighted by molar-refractivity contribution is 0.0890. The van der Waals surface area contributed by atoms with E-state index in [2.05, 4.69) is 36.8 Å². The first-order valence-corrected chi connectivity index (χ1v) is 9.86. The molecule has 1 fully saturated rings. The van der Waals surface area contributed by atoms with Gasteiger partial charge in [-0.2, -0.15) is 5.10 Å². The highest BCUT2D eigenvalue weighted by Gasteiger charge is 2.41. The van der Waals surface area contributed by atoms with Crippen LogP contribution in [-0.2, 0) is 0 Å². The van der Waals surface area contributed by atoms with Crippen LogP contribution in [0.15, 0.2) is 36.7 Å². The van der Waals surface area contributed by atoms with E-state index in [1.807, 2.05) is 37.5 Å². The highest BCUT2D eigenvalue weighted by atomic mass is 32.1. The highest BCUT2D eigenvalue weighted by Crippen LogP contribution is 2.40. The van der Waals surface area contributed by atoms with Crippen LogP contribution in [0.5, 0.6) is 0 Å². The Balaban J connectivity index is 1.38. The van der Waals surface area contributed by atoms with Crippen LogP contribution in [0.1, 0.15) is 28.2 Å². The standard InChI is InChI=1S/C19H20N6OS/c1-12-13(11-21-24-12)15-10-14-17(27-15)18(26)23-19(22-14)5-8-25(9-6-19)16-4-2-3-7-20-16/h2-4,7,10-11,22H,5-6,8-9H2,1H3,(H,21,24)(H,23,26). The summed E-state index contributed by atoms with van der Waals surface area (Å²) in [7, 11) is 0. The summed E-state index contributed by atoms with van der Waals surface area (Å²) in [5.74, 6) is 0.996. The first-order valence-electron chi connectivity index (χ1n) is 9.04. The van der Waals surface area contributed by atoms with Gasteiger partial charge in [-0.15, -0.1) is 11.3 Å². The van der Waals surface area contributed by atoms with Crippen LogP contribution in [0.25, 0.3) is 10.4 Å². The van der Waals surface area contributed by atoms with Gasteiger partial charge in [0.15, 0.2) is 0 Å². The Labute approximate surface area is 160 Å². The fourth-order valence-electron chi connectivity index (χ4n) is 3.86. The number of carbonyl (C=O) groups excluding carboxylic acids is 1. The number of amides is 1. The van der Waals surface area contributed by atoms with Crippen molar-refractivity contribution in [2.75, 3.05) is 23.3 Å². The number of anilines is 2. The largest absolute Gasteiger partial charge is 0.361 e. The number of aryl methyl sites for hydroxylation is 1. The molecule has 5 rings (SSSR count). The molecule has 0 unspecified atom stereocenters. The molecule has 0 atom stereocenters. The van der Waals surface area contributed by atoms with Gasteiger partial charge in [-0.1, -0.05) is 6.07 Å². The molecule has 138 valence electrons. The molecule has 27 heavy (non-hydrogen) atoms. The molecule has 3 N–H and O–H groups in total. The number of nitrogens with zero attached hydrogens (tertiary/aromatic N) is 3. The number of hydrogen-bond donors (Lipinski definition) is 3. The van der Waals surface area contributed by atoms with Crippen LogP contribution in [0.4, 0.5) is 11.5 Å². The Morgan fingerprint density at radius 1 is 1.22 bits per heavy atom. The maximum Gasteiger partial charge on any atom is 0.265 e. The lowest BCUT2D eigenvalue weighted by atomic mass is 9.94. The minimum atomic E-state index is -0.390. The average Bonchev–Trinajstić information content (AvgIpc) is 3.29. The van der Waals surface area contributed by atoms with Crippen molar-refractivity contribution in [1.82, 2.24) is 20.5 Å².